The summed E-state index contributed by atoms with van der Waals surface area (Å²) in [6.07, 6.45) is -1.21. The molecule has 9 heavy (non-hydrogen) atoms. The van der Waals surface area contributed by atoms with E-state index in [2.05, 4.69) is 5.32 Å². The standard InChI is InChI=1S/C5H8FNO2/c6-4-2-7-1-3(4)5(8)9/h3-4,7H,1-2H2,(H,8,9). The molecule has 2 unspecified atom stereocenters. The average molecular weight is 133 g/mol. The molecule has 0 aromatic carbocycles. The largest absolute Gasteiger partial charge is 0.481 e. The van der Waals surface area contributed by atoms with Gasteiger partial charge in [0.1, 0.15) is 12.1 Å². The van der Waals surface area contributed by atoms with Crippen molar-refractivity contribution in [1.29, 1.82) is 0 Å². The Morgan fingerprint density at radius 3 is 2.56 bits per heavy atom. The molecule has 1 aliphatic rings. The van der Waals surface area contributed by atoms with Crippen LogP contribution in [0.4, 0.5) is 4.39 Å². The van der Waals surface area contributed by atoms with Crippen molar-refractivity contribution in [3.8, 4) is 0 Å². The molecule has 0 aromatic heterocycles. The van der Waals surface area contributed by atoms with Gasteiger partial charge in [0.15, 0.2) is 0 Å². The zero-order chi connectivity index (χ0) is 6.85. The molecule has 4 heteroatoms. The Hall–Kier alpha value is -0.640. The van der Waals surface area contributed by atoms with Crippen LogP contribution in [0.1, 0.15) is 0 Å². The van der Waals surface area contributed by atoms with Gasteiger partial charge in [0.05, 0.1) is 0 Å². The SMILES string of the molecule is O=C(O)C1CNCC1F. The predicted molar refractivity (Wildman–Crippen MR) is 28.9 cm³/mol. The third-order valence-electron chi connectivity index (χ3n) is 1.46. The third-order valence-corrected chi connectivity index (χ3v) is 1.46. The van der Waals surface area contributed by atoms with Crippen molar-refractivity contribution in [3.63, 3.8) is 0 Å². The maximum absolute atomic E-state index is 12.4. The van der Waals surface area contributed by atoms with E-state index < -0.39 is 18.1 Å². The van der Waals surface area contributed by atoms with Crippen molar-refractivity contribution in [3.05, 3.63) is 0 Å². The van der Waals surface area contributed by atoms with Crippen LogP contribution in [0, 0.1) is 5.92 Å². The highest BCUT2D eigenvalue weighted by Crippen LogP contribution is 2.11. The Labute approximate surface area is 51.9 Å². The Morgan fingerprint density at radius 2 is 2.33 bits per heavy atom. The van der Waals surface area contributed by atoms with Crippen molar-refractivity contribution in [1.82, 2.24) is 5.32 Å². The summed E-state index contributed by atoms with van der Waals surface area (Å²) in [5.41, 5.74) is 0. The molecule has 0 aromatic rings. The van der Waals surface area contributed by atoms with E-state index in [0.29, 0.717) is 0 Å². The lowest BCUT2D eigenvalue weighted by atomic mass is 10.1. The van der Waals surface area contributed by atoms with E-state index in [0.717, 1.165) is 0 Å². The molecule has 0 radical (unpaired) electrons. The van der Waals surface area contributed by atoms with E-state index in [1.807, 2.05) is 0 Å². The molecule has 1 fully saturated rings. The van der Waals surface area contributed by atoms with Crippen LogP contribution in [0.5, 0.6) is 0 Å². The molecular formula is C5H8FNO2. The number of rotatable bonds is 1. The molecule has 1 saturated heterocycles. The van der Waals surface area contributed by atoms with Crippen LogP contribution >= 0.6 is 0 Å². The minimum absolute atomic E-state index is 0.178. The van der Waals surface area contributed by atoms with Crippen LogP contribution < -0.4 is 5.32 Å². The van der Waals surface area contributed by atoms with Gasteiger partial charge in [-0.25, -0.2) is 4.39 Å². The van der Waals surface area contributed by atoms with Crippen molar-refractivity contribution < 1.29 is 14.3 Å². The fraction of sp³-hybridized carbons (Fsp3) is 0.800. The highest BCUT2D eigenvalue weighted by Gasteiger charge is 2.32. The number of carboxylic acids is 1. The van der Waals surface area contributed by atoms with Crippen LogP contribution in [0.3, 0.4) is 0 Å². The monoisotopic (exact) mass is 133 g/mol. The minimum atomic E-state index is -1.21. The smallest absolute Gasteiger partial charge is 0.310 e. The second-order valence-corrected chi connectivity index (χ2v) is 2.12. The number of carboxylic acid groups (broad SMARTS) is 1. The van der Waals surface area contributed by atoms with Gasteiger partial charge >= 0.3 is 5.97 Å². The van der Waals surface area contributed by atoms with Gasteiger partial charge in [-0.1, -0.05) is 0 Å². The molecule has 1 aliphatic heterocycles. The summed E-state index contributed by atoms with van der Waals surface area (Å²) in [4.78, 5) is 10.1. The average Bonchev–Trinajstić information content (AvgIpc) is 2.13. The van der Waals surface area contributed by atoms with Crippen molar-refractivity contribution in [2.45, 2.75) is 6.17 Å². The molecule has 3 nitrogen and oxygen atoms in total. The second-order valence-electron chi connectivity index (χ2n) is 2.12. The summed E-state index contributed by atoms with van der Waals surface area (Å²) in [6.45, 7) is 0.438. The Kier molecular flexibility index (Phi) is 1.66. The molecule has 52 valence electrons. The van der Waals surface area contributed by atoms with Gasteiger partial charge in [0.2, 0.25) is 0 Å². The van der Waals surface area contributed by atoms with Gasteiger partial charge in [0, 0.05) is 13.1 Å². The van der Waals surface area contributed by atoms with Gasteiger partial charge < -0.3 is 10.4 Å². The summed E-state index contributed by atoms with van der Waals surface area (Å²) in [7, 11) is 0. The lowest BCUT2D eigenvalue weighted by molar-refractivity contribution is -0.142. The maximum atomic E-state index is 12.4. The fourth-order valence-corrected chi connectivity index (χ4v) is 0.889. The first-order valence-corrected chi connectivity index (χ1v) is 2.79. The first kappa shape index (κ1) is 6.48. The Morgan fingerprint density at radius 1 is 1.67 bits per heavy atom. The summed E-state index contributed by atoms with van der Waals surface area (Å²) in [5, 5.41) is 11.0. The quantitative estimate of drug-likeness (QED) is 0.513. The Balaban J connectivity index is 2.49. The van der Waals surface area contributed by atoms with Crippen LogP contribution in [-0.2, 0) is 4.79 Å². The van der Waals surface area contributed by atoms with E-state index in [9.17, 15) is 9.18 Å². The van der Waals surface area contributed by atoms with Crippen LogP contribution in [-0.4, -0.2) is 30.3 Å². The van der Waals surface area contributed by atoms with E-state index in [1.54, 1.807) is 0 Å². The molecule has 0 amide bonds. The van der Waals surface area contributed by atoms with Gasteiger partial charge in [-0.05, 0) is 0 Å². The predicted octanol–water partition coefficient (Wildman–Crippen LogP) is -0.372. The van der Waals surface area contributed by atoms with E-state index in [4.69, 9.17) is 5.11 Å². The molecule has 0 spiro atoms. The van der Waals surface area contributed by atoms with Crippen molar-refractivity contribution in [2.24, 2.45) is 5.92 Å². The number of carbonyl (C=O) groups is 1. The van der Waals surface area contributed by atoms with Gasteiger partial charge in [0.25, 0.3) is 0 Å². The summed E-state index contributed by atoms with van der Waals surface area (Å²) >= 11 is 0. The number of alkyl halides is 1. The Bertz CT molecular complexity index is 128. The molecule has 0 aliphatic carbocycles. The summed E-state index contributed by atoms with van der Waals surface area (Å²) in [5.74, 6) is -1.88. The maximum Gasteiger partial charge on any atom is 0.310 e. The van der Waals surface area contributed by atoms with Crippen LogP contribution in [0.15, 0.2) is 0 Å². The number of halogens is 1. The summed E-state index contributed by atoms with van der Waals surface area (Å²) in [6, 6.07) is 0. The lowest BCUT2D eigenvalue weighted by Crippen LogP contribution is -2.22. The third kappa shape index (κ3) is 1.18. The minimum Gasteiger partial charge on any atom is -0.481 e. The molecular weight excluding hydrogens is 125 g/mol. The van der Waals surface area contributed by atoms with E-state index in [1.165, 1.54) is 0 Å². The van der Waals surface area contributed by atoms with Gasteiger partial charge in [-0.15, -0.1) is 0 Å². The first-order chi connectivity index (χ1) is 4.22. The molecule has 2 atom stereocenters. The topological polar surface area (TPSA) is 49.3 Å². The molecule has 0 bridgehead atoms. The van der Waals surface area contributed by atoms with Gasteiger partial charge in [-0.2, -0.15) is 0 Å². The summed E-state index contributed by atoms with van der Waals surface area (Å²) < 4.78 is 12.4. The highest BCUT2D eigenvalue weighted by atomic mass is 19.1. The number of hydrogen-bond acceptors (Lipinski definition) is 2. The lowest BCUT2D eigenvalue weighted by Gasteiger charge is -2.02. The zero-order valence-electron chi connectivity index (χ0n) is 4.80. The van der Waals surface area contributed by atoms with Gasteiger partial charge in [-0.3, -0.25) is 4.79 Å². The number of nitrogens with one attached hydrogen (secondary N) is 1. The first-order valence-electron chi connectivity index (χ1n) is 2.79. The van der Waals surface area contributed by atoms with Crippen LogP contribution in [0.2, 0.25) is 0 Å². The fourth-order valence-electron chi connectivity index (χ4n) is 0.889. The number of hydrogen-bond donors (Lipinski definition) is 2. The molecule has 1 heterocycles. The molecule has 0 saturated carbocycles. The molecule has 1 rings (SSSR count). The zero-order valence-corrected chi connectivity index (χ0v) is 4.80. The molecule has 2 N–H and O–H groups in total. The van der Waals surface area contributed by atoms with E-state index in [-0.39, 0.29) is 13.1 Å². The normalized spacial score (nSPS) is 34.8. The van der Waals surface area contributed by atoms with Crippen molar-refractivity contribution >= 4 is 5.97 Å². The van der Waals surface area contributed by atoms with Crippen LogP contribution in [0.25, 0.3) is 0 Å². The van der Waals surface area contributed by atoms with E-state index >= 15 is 0 Å². The second kappa shape index (κ2) is 2.31. The highest BCUT2D eigenvalue weighted by molar-refractivity contribution is 5.71. The van der Waals surface area contributed by atoms with Crippen molar-refractivity contribution in [2.75, 3.05) is 13.1 Å². The number of aliphatic carboxylic acids is 1.